The number of nitrogens with zero attached hydrogens (tertiary/aromatic N) is 2. The maximum atomic E-state index is 11.7. The van der Waals surface area contributed by atoms with Gasteiger partial charge in [0.15, 0.2) is 0 Å². The second kappa shape index (κ2) is 6.72. The van der Waals surface area contributed by atoms with Crippen molar-refractivity contribution in [2.24, 2.45) is 11.8 Å². The van der Waals surface area contributed by atoms with Crippen LogP contribution in [0.1, 0.15) is 37.3 Å². The molecule has 1 amide bonds. The van der Waals surface area contributed by atoms with Crippen LogP contribution < -0.4 is 11.1 Å². The van der Waals surface area contributed by atoms with Gasteiger partial charge in [-0.3, -0.25) is 14.7 Å². The van der Waals surface area contributed by atoms with E-state index >= 15 is 0 Å². The van der Waals surface area contributed by atoms with Crippen LogP contribution in [-0.2, 0) is 4.79 Å². The minimum atomic E-state index is -0.871. The summed E-state index contributed by atoms with van der Waals surface area (Å²) in [6, 6.07) is 0. The van der Waals surface area contributed by atoms with Gasteiger partial charge in [-0.25, -0.2) is 0 Å². The first-order chi connectivity index (χ1) is 8.88. The molecule has 0 saturated heterocycles. The van der Waals surface area contributed by atoms with Crippen molar-refractivity contribution in [3.05, 3.63) is 5.82 Å². The first-order valence-corrected chi connectivity index (χ1v) is 6.06. The Morgan fingerprint density at radius 2 is 2.16 bits per heavy atom. The Labute approximate surface area is 110 Å². The minimum absolute atomic E-state index is 0.00517. The minimum Gasteiger partial charge on any atom is -0.481 e. The van der Waals surface area contributed by atoms with Gasteiger partial charge >= 0.3 is 5.97 Å². The van der Waals surface area contributed by atoms with Gasteiger partial charge in [0.2, 0.25) is 11.8 Å². The highest BCUT2D eigenvalue weighted by molar-refractivity contribution is 5.90. The number of aliphatic carboxylic acids is 1. The molecular formula is C11H19N5O3. The van der Waals surface area contributed by atoms with E-state index in [1.165, 1.54) is 0 Å². The van der Waals surface area contributed by atoms with Gasteiger partial charge in [-0.15, -0.1) is 5.10 Å². The van der Waals surface area contributed by atoms with E-state index < -0.39 is 11.9 Å². The maximum Gasteiger partial charge on any atom is 0.303 e. The third-order valence-corrected chi connectivity index (χ3v) is 2.54. The van der Waals surface area contributed by atoms with E-state index in [0.717, 1.165) is 6.42 Å². The van der Waals surface area contributed by atoms with E-state index in [1.54, 1.807) is 0 Å². The molecule has 0 saturated carbocycles. The van der Waals surface area contributed by atoms with Crippen LogP contribution in [-0.4, -0.2) is 38.7 Å². The van der Waals surface area contributed by atoms with E-state index in [-0.39, 0.29) is 30.7 Å². The third kappa shape index (κ3) is 5.36. The Balaban J connectivity index is 2.50. The van der Waals surface area contributed by atoms with Gasteiger partial charge in [-0.1, -0.05) is 13.8 Å². The number of amides is 1. The van der Waals surface area contributed by atoms with Gasteiger partial charge in [-0.05, 0) is 18.3 Å². The number of carboxylic acids is 1. The Morgan fingerprint density at radius 3 is 2.63 bits per heavy atom. The number of carboxylic acid groups (broad SMARTS) is 1. The molecule has 8 heteroatoms. The highest BCUT2D eigenvalue weighted by Crippen LogP contribution is 2.14. The van der Waals surface area contributed by atoms with Crippen molar-refractivity contribution in [1.29, 1.82) is 0 Å². The van der Waals surface area contributed by atoms with Gasteiger partial charge in [0.05, 0.1) is 0 Å². The molecule has 0 fully saturated rings. The fourth-order valence-corrected chi connectivity index (χ4v) is 1.85. The number of aromatic amines is 1. The fraction of sp³-hybridized carbons (Fsp3) is 0.636. The van der Waals surface area contributed by atoms with Gasteiger partial charge in [0.25, 0.3) is 5.91 Å². The van der Waals surface area contributed by atoms with Crippen LogP contribution in [0.3, 0.4) is 0 Å². The quantitative estimate of drug-likeness (QED) is 0.560. The Kier molecular flexibility index (Phi) is 5.28. The molecule has 0 radical (unpaired) electrons. The molecule has 8 nitrogen and oxygen atoms in total. The fourth-order valence-electron chi connectivity index (χ4n) is 1.85. The molecule has 19 heavy (non-hydrogen) atoms. The Morgan fingerprint density at radius 1 is 1.47 bits per heavy atom. The monoisotopic (exact) mass is 269 g/mol. The largest absolute Gasteiger partial charge is 0.481 e. The summed E-state index contributed by atoms with van der Waals surface area (Å²) >= 11 is 0. The van der Waals surface area contributed by atoms with E-state index in [0.29, 0.717) is 5.92 Å². The predicted molar refractivity (Wildman–Crippen MR) is 68.3 cm³/mol. The SMILES string of the molecule is CC(C)CC(CNC(=O)c1nc(N)n[nH]1)CC(=O)O. The Hall–Kier alpha value is -2.12. The summed E-state index contributed by atoms with van der Waals surface area (Å²) in [4.78, 5) is 26.1. The topological polar surface area (TPSA) is 134 Å². The number of anilines is 1. The van der Waals surface area contributed by atoms with Gasteiger partial charge in [-0.2, -0.15) is 4.98 Å². The average molecular weight is 269 g/mol. The number of nitrogens with two attached hydrogens (primary N) is 1. The maximum absolute atomic E-state index is 11.7. The highest BCUT2D eigenvalue weighted by atomic mass is 16.4. The van der Waals surface area contributed by atoms with E-state index in [9.17, 15) is 9.59 Å². The number of nitrogens with one attached hydrogen (secondary N) is 2. The summed E-state index contributed by atoms with van der Waals surface area (Å²) in [5.74, 6) is -1.04. The molecule has 1 aromatic rings. The van der Waals surface area contributed by atoms with Crippen LogP contribution in [0.15, 0.2) is 0 Å². The van der Waals surface area contributed by atoms with E-state index in [2.05, 4.69) is 20.5 Å². The molecule has 0 aliphatic carbocycles. The van der Waals surface area contributed by atoms with Crippen molar-refractivity contribution in [3.63, 3.8) is 0 Å². The number of hydrogen-bond donors (Lipinski definition) is 4. The third-order valence-electron chi connectivity index (χ3n) is 2.54. The first kappa shape index (κ1) is 14.9. The summed E-state index contributed by atoms with van der Waals surface area (Å²) < 4.78 is 0. The van der Waals surface area contributed by atoms with Crippen LogP contribution in [0.2, 0.25) is 0 Å². The molecule has 0 aliphatic heterocycles. The van der Waals surface area contributed by atoms with Crippen molar-refractivity contribution in [2.45, 2.75) is 26.7 Å². The zero-order valence-electron chi connectivity index (χ0n) is 11.0. The van der Waals surface area contributed by atoms with Gasteiger partial charge < -0.3 is 16.2 Å². The van der Waals surface area contributed by atoms with Crippen molar-refractivity contribution in [2.75, 3.05) is 12.3 Å². The molecular weight excluding hydrogens is 250 g/mol. The Bertz CT molecular complexity index is 443. The lowest BCUT2D eigenvalue weighted by Gasteiger charge is -2.17. The number of carbonyl (C=O) groups is 2. The molecule has 5 N–H and O–H groups in total. The molecule has 1 heterocycles. The van der Waals surface area contributed by atoms with Crippen molar-refractivity contribution >= 4 is 17.8 Å². The van der Waals surface area contributed by atoms with Crippen LogP contribution in [0.4, 0.5) is 5.95 Å². The van der Waals surface area contributed by atoms with E-state index in [1.807, 2.05) is 13.8 Å². The molecule has 1 atom stereocenters. The van der Waals surface area contributed by atoms with Gasteiger partial charge in [0.1, 0.15) is 0 Å². The number of aromatic nitrogens is 3. The number of carbonyl (C=O) groups excluding carboxylic acids is 1. The molecule has 1 rings (SSSR count). The summed E-state index contributed by atoms with van der Waals surface area (Å²) in [6.45, 7) is 4.30. The van der Waals surface area contributed by atoms with Crippen LogP contribution in [0.25, 0.3) is 0 Å². The van der Waals surface area contributed by atoms with Crippen molar-refractivity contribution < 1.29 is 14.7 Å². The summed E-state index contributed by atoms with van der Waals surface area (Å²) in [5, 5.41) is 17.4. The van der Waals surface area contributed by atoms with Crippen molar-refractivity contribution in [3.8, 4) is 0 Å². The molecule has 0 aromatic carbocycles. The van der Waals surface area contributed by atoms with Gasteiger partial charge in [0, 0.05) is 13.0 Å². The lowest BCUT2D eigenvalue weighted by molar-refractivity contribution is -0.138. The van der Waals surface area contributed by atoms with Crippen LogP contribution in [0.5, 0.6) is 0 Å². The smallest absolute Gasteiger partial charge is 0.303 e. The molecule has 106 valence electrons. The second-order valence-corrected chi connectivity index (χ2v) is 4.85. The number of hydrogen-bond acceptors (Lipinski definition) is 5. The highest BCUT2D eigenvalue weighted by Gasteiger charge is 2.17. The number of nitrogen functional groups attached to an aromatic ring is 1. The molecule has 1 aromatic heterocycles. The number of rotatable bonds is 7. The lowest BCUT2D eigenvalue weighted by atomic mass is 9.94. The standard InChI is InChI=1S/C11H19N5O3/c1-6(2)3-7(4-8(17)18)5-13-10(19)9-14-11(12)16-15-9/h6-7H,3-5H2,1-2H3,(H,13,19)(H,17,18)(H3,12,14,15,16). The molecule has 0 aliphatic rings. The molecule has 0 bridgehead atoms. The zero-order valence-corrected chi connectivity index (χ0v) is 11.0. The second-order valence-electron chi connectivity index (χ2n) is 4.85. The lowest BCUT2D eigenvalue weighted by Crippen LogP contribution is -2.31. The summed E-state index contributed by atoms with van der Waals surface area (Å²) in [7, 11) is 0. The summed E-state index contributed by atoms with van der Waals surface area (Å²) in [5.41, 5.74) is 5.29. The summed E-state index contributed by atoms with van der Waals surface area (Å²) in [6.07, 6.45) is 0.752. The normalized spacial score (nSPS) is 12.4. The van der Waals surface area contributed by atoms with E-state index in [4.69, 9.17) is 10.8 Å². The molecule has 0 spiro atoms. The van der Waals surface area contributed by atoms with Crippen LogP contribution >= 0.6 is 0 Å². The predicted octanol–water partition coefficient (Wildman–Crippen LogP) is 0.254. The average Bonchev–Trinajstić information content (AvgIpc) is 2.71. The first-order valence-electron chi connectivity index (χ1n) is 6.06. The molecule has 1 unspecified atom stereocenters. The van der Waals surface area contributed by atoms with Crippen molar-refractivity contribution in [1.82, 2.24) is 20.5 Å². The van der Waals surface area contributed by atoms with Crippen LogP contribution in [0, 0.1) is 11.8 Å². The number of H-pyrrole nitrogens is 1. The zero-order chi connectivity index (χ0) is 14.4.